The molecule has 0 bridgehead atoms. The number of nitrogens with one attached hydrogen (secondary N) is 1. The fourth-order valence-electron chi connectivity index (χ4n) is 1.71. The van der Waals surface area contributed by atoms with Crippen LogP contribution in [0.25, 0.3) is 0 Å². The fraction of sp³-hybridized carbons (Fsp3) is 0.462. The van der Waals surface area contributed by atoms with E-state index in [9.17, 15) is 4.79 Å². The third-order valence-electron chi connectivity index (χ3n) is 2.67. The van der Waals surface area contributed by atoms with E-state index in [2.05, 4.69) is 31.3 Å². The number of carbonyl (C=O) groups excluding carboxylic acids is 1. The number of hydrogen-bond donors (Lipinski definition) is 1. The van der Waals surface area contributed by atoms with Gasteiger partial charge in [-0.05, 0) is 11.5 Å². The van der Waals surface area contributed by atoms with Gasteiger partial charge in [-0.2, -0.15) is 0 Å². The van der Waals surface area contributed by atoms with Crippen LogP contribution in [0.4, 0.5) is 0 Å². The molecule has 1 rings (SSSR count). The second kappa shape index (κ2) is 6.54. The first-order valence-corrected chi connectivity index (χ1v) is 6.06. The molecule has 0 saturated carbocycles. The smallest absolute Gasteiger partial charge is 0.234 e. The molecule has 0 unspecified atom stereocenters. The number of rotatable bonds is 5. The molecule has 1 aromatic carbocycles. The first-order valence-electron chi connectivity index (χ1n) is 5.52. The molecule has 0 aliphatic heterocycles. The Bertz CT molecular complexity index is 324. The summed E-state index contributed by atoms with van der Waals surface area (Å²) in [4.78, 5) is 11.1. The van der Waals surface area contributed by atoms with Crippen LogP contribution in [0.1, 0.15) is 25.3 Å². The summed E-state index contributed by atoms with van der Waals surface area (Å²) in [5, 5.41) is 2.84. The second-order valence-corrected chi connectivity index (χ2v) is 4.47. The van der Waals surface area contributed by atoms with Gasteiger partial charge in [0.25, 0.3) is 0 Å². The molecular formula is C13H18ClNO. The van der Waals surface area contributed by atoms with E-state index in [0.29, 0.717) is 18.4 Å². The van der Waals surface area contributed by atoms with Crippen molar-refractivity contribution in [2.45, 2.75) is 19.8 Å². The van der Waals surface area contributed by atoms with E-state index in [1.807, 2.05) is 18.2 Å². The molecular weight excluding hydrogens is 222 g/mol. The van der Waals surface area contributed by atoms with E-state index in [1.54, 1.807) is 0 Å². The van der Waals surface area contributed by atoms with Crippen LogP contribution in [0.2, 0.25) is 0 Å². The molecule has 0 aliphatic carbocycles. The lowest BCUT2D eigenvalue weighted by Crippen LogP contribution is -2.31. The molecule has 1 N–H and O–H groups in total. The molecule has 0 heterocycles. The van der Waals surface area contributed by atoms with Crippen molar-refractivity contribution in [3.63, 3.8) is 0 Å². The maximum atomic E-state index is 11.1. The lowest BCUT2D eigenvalue weighted by atomic mass is 9.88. The molecule has 1 amide bonds. The number of benzene rings is 1. The zero-order chi connectivity index (χ0) is 12.0. The highest BCUT2D eigenvalue weighted by Gasteiger charge is 2.16. The van der Waals surface area contributed by atoms with E-state index in [-0.39, 0.29) is 11.8 Å². The monoisotopic (exact) mass is 239 g/mol. The molecule has 0 fully saturated rings. The van der Waals surface area contributed by atoms with E-state index in [4.69, 9.17) is 11.6 Å². The zero-order valence-corrected chi connectivity index (χ0v) is 10.5. The van der Waals surface area contributed by atoms with Gasteiger partial charge in [-0.25, -0.2) is 0 Å². The summed E-state index contributed by atoms with van der Waals surface area (Å²) in [5.74, 6) is 0.745. The maximum absolute atomic E-state index is 11.1. The van der Waals surface area contributed by atoms with Crippen molar-refractivity contribution in [1.29, 1.82) is 0 Å². The van der Waals surface area contributed by atoms with Crippen molar-refractivity contribution in [2.75, 3.05) is 12.4 Å². The van der Waals surface area contributed by atoms with Gasteiger partial charge in [0.1, 0.15) is 5.88 Å². The fourth-order valence-corrected chi connectivity index (χ4v) is 1.80. The molecule has 0 saturated heterocycles. The quantitative estimate of drug-likeness (QED) is 0.787. The summed E-state index contributed by atoms with van der Waals surface area (Å²) in [6, 6.07) is 10.2. The van der Waals surface area contributed by atoms with Crippen LogP contribution in [0.3, 0.4) is 0 Å². The van der Waals surface area contributed by atoms with Crippen LogP contribution in [0, 0.1) is 5.92 Å². The lowest BCUT2D eigenvalue weighted by Gasteiger charge is -2.21. The normalized spacial score (nSPS) is 12.5. The minimum Gasteiger partial charge on any atom is -0.354 e. The van der Waals surface area contributed by atoms with E-state index in [0.717, 1.165) is 0 Å². The van der Waals surface area contributed by atoms with Crippen LogP contribution in [-0.2, 0) is 4.79 Å². The SMILES string of the molecule is CC(C)[C@H](CNC(=O)CCl)c1ccccc1. The van der Waals surface area contributed by atoms with E-state index < -0.39 is 0 Å². The second-order valence-electron chi connectivity index (χ2n) is 4.20. The van der Waals surface area contributed by atoms with Crippen LogP contribution in [0.15, 0.2) is 30.3 Å². The topological polar surface area (TPSA) is 29.1 Å². The molecule has 0 spiro atoms. The maximum Gasteiger partial charge on any atom is 0.234 e. The van der Waals surface area contributed by atoms with Crippen molar-refractivity contribution < 1.29 is 4.79 Å². The minimum absolute atomic E-state index is 0.0274. The van der Waals surface area contributed by atoms with Gasteiger partial charge in [-0.1, -0.05) is 44.2 Å². The molecule has 2 nitrogen and oxygen atoms in total. The summed E-state index contributed by atoms with van der Waals surface area (Å²) < 4.78 is 0. The summed E-state index contributed by atoms with van der Waals surface area (Å²) >= 11 is 5.45. The lowest BCUT2D eigenvalue weighted by molar-refractivity contribution is -0.118. The molecule has 0 aliphatic rings. The predicted molar refractivity (Wildman–Crippen MR) is 67.8 cm³/mol. The third-order valence-corrected chi connectivity index (χ3v) is 2.92. The van der Waals surface area contributed by atoms with Crippen molar-refractivity contribution >= 4 is 17.5 Å². The Kier molecular flexibility index (Phi) is 5.33. The standard InChI is InChI=1S/C13H18ClNO/c1-10(2)12(9-15-13(16)8-14)11-6-4-3-5-7-11/h3-7,10,12H,8-9H2,1-2H3,(H,15,16)/t12-/m0/s1. The molecule has 1 atom stereocenters. The van der Waals surface area contributed by atoms with Crippen LogP contribution < -0.4 is 5.32 Å². The highest BCUT2D eigenvalue weighted by atomic mass is 35.5. The molecule has 1 aromatic rings. The van der Waals surface area contributed by atoms with Gasteiger partial charge < -0.3 is 5.32 Å². The predicted octanol–water partition coefficient (Wildman–Crippen LogP) is 2.78. The van der Waals surface area contributed by atoms with Crippen molar-refractivity contribution in [2.24, 2.45) is 5.92 Å². The Labute approximate surface area is 102 Å². The van der Waals surface area contributed by atoms with Gasteiger partial charge in [0.2, 0.25) is 5.91 Å². The van der Waals surface area contributed by atoms with Crippen LogP contribution in [0.5, 0.6) is 0 Å². The number of amides is 1. The first-order chi connectivity index (χ1) is 7.65. The number of halogens is 1. The molecule has 88 valence electrons. The molecule has 16 heavy (non-hydrogen) atoms. The van der Waals surface area contributed by atoms with Gasteiger partial charge in [-0.3, -0.25) is 4.79 Å². The van der Waals surface area contributed by atoms with Gasteiger partial charge in [-0.15, -0.1) is 11.6 Å². The Morgan fingerprint density at radius 2 is 1.94 bits per heavy atom. The van der Waals surface area contributed by atoms with Gasteiger partial charge >= 0.3 is 0 Å². The molecule has 3 heteroatoms. The average Bonchev–Trinajstić information content (AvgIpc) is 2.30. The van der Waals surface area contributed by atoms with Gasteiger partial charge in [0, 0.05) is 12.5 Å². The van der Waals surface area contributed by atoms with E-state index >= 15 is 0 Å². The highest BCUT2D eigenvalue weighted by molar-refractivity contribution is 6.27. The zero-order valence-electron chi connectivity index (χ0n) is 9.74. The Morgan fingerprint density at radius 1 is 1.31 bits per heavy atom. The molecule has 0 aromatic heterocycles. The van der Waals surface area contributed by atoms with Crippen LogP contribution >= 0.6 is 11.6 Å². The Balaban J connectivity index is 2.66. The Morgan fingerprint density at radius 3 is 2.44 bits per heavy atom. The van der Waals surface area contributed by atoms with Gasteiger partial charge in [0.05, 0.1) is 0 Å². The third kappa shape index (κ3) is 3.86. The summed E-state index contributed by atoms with van der Waals surface area (Å²) in [7, 11) is 0. The molecule has 0 radical (unpaired) electrons. The minimum atomic E-state index is -0.108. The van der Waals surface area contributed by atoms with Gasteiger partial charge in [0.15, 0.2) is 0 Å². The Hall–Kier alpha value is -1.02. The average molecular weight is 240 g/mol. The first kappa shape index (κ1) is 13.0. The number of carbonyl (C=O) groups is 1. The highest BCUT2D eigenvalue weighted by Crippen LogP contribution is 2.23. The van der Waals surface area contributed by atoms with Crippen molar-refractivity contribution in [3.8, 4) is 0 Å². The number of hydrogen-bond acceptors (Lipinski definition) is 1. The van der Waals surface area contributed by atoms with Crippen molar-refractivity contribution in [3.05, 3.63) is 35.9 Å². The summed E-state index contributed by atoms with van der Waals surface area (Å²) in [6.07, 6.45) is 0. The largest absolute Gasteiger partial charge is 0.354 e. The van der Waals surface area contributed by atoms with Crippen molar-refractivity contribution in [1.82, 2.24) is 5.32 Å². The number of alkyl halides is 1. The van der Waals surface area contributed by atoms with Crippen LogP contribution in [-0.4, -0.2) is 18.3 Å². The van der Waals surface area contributed by atoms with E-state index in [1.165, 1.54) is 5.56 Å². The summed E-state index contributed by atoms with van der Waals surface area (Å²) in [5.41, 5.74) is 1.26. The summed E-state index contributed by atoms with van der Waals surface area (Å²) in [6.45, 7) is 4.96.